The minimum absolute atomic E-state index is 0.0428. The Hall–Kier alpha value is -1.76. The van der Waals surface area contributed by atoms with E-state index in [0.717, 1.165) is 6.07 Å². The van der Waals surface area contributed by atoms with Crippen LogP contribution >= 0.6 is 0 Å². The van der Waals surface area contributed by atoms with E-state index < -0.39 is 17.3 Å². The molecule has 1 fully saturated rings. The third-order valence-electron chi connectivity index (χ3n) is 3.74. The molecule has 0 spiro atoms. The minimum atomic E-state index is -4.36. The SMILES string of the molecule is CC(C)(C)OC(=O)N1CC[C@@H](NCc2ccccc2C(F)(F)F)C1. The quantitative estimate of drug-likeness (QED) is 0.907. The molecule has 1 N–H and O–H groups in total. The van der Waals surface area contributed by atoms with Crippen molar-refractivity contribution in [3.63, 3.8) is 0 Å². The molecule has 0 aromatic heterocycles. The highest BCUT2D eigenvalue weighted by molar-refractivity contribution is 5.68. The molecule has 0 aliphatic carbocycles. The average molecular weight is 344 g/mol. The minimum Gasteiger partial charge on any atom is -0.444 e. The second-order valence-corrected chi connectivity index (χ2v) is 6.95. The maximum Gasteiger partial charge on any atom is 0.416 e. The highest BCUT2D eigenvalue weighted by Crippen LogP contribution is 2.31. The molecule has 1 atom stereocenters. The van der Waals surface area contributed by atoms with E-state index in [1.54, 1.807) is 31.7 Å². The van der Waals surface area contributed by atoms with Gasteiger partial charge in [-0.2, -0.15) is 13.2 Å². The van der Waals surface area contributed by atoms with Crippen molar-refractivity contribution in [3.05, 3.63) is 35.4 Å². The van der Waals surface area contributed by atoms with Gasteiger partial charge in [-0.3, -0.25) is 0 Å². The third kappa shape index (κ3) is 5.12. The van der Waals surface area contributed by atoms with E-state index in [-0.39, 0.29) is 24.2 Å². The van der Waals surface area contributed by atoms with Crippen LogP contribution in [0.15, 0.2) is 24.3 Å². The van der Waals surface area contributed by atoms with Crippen LogP contribution in [0.25, 0.3) is 0 Å². The van der Waals surface area contributed by atoms with Gasteiger partial charge in [-0.15, -0.1) is 0 Å². The van der Waals surface area contributed by atoms with Crippen molar-refractivity contribution in [1.82, 2.24) is 10.2 Å². The molecule has 134 valence electrons. The zero-order chi connectivity index (χ0) is 18.0. The molecule has 1 aromatic carbocycles. The largest absolute Gasteiger partial charge is 0.444 e. The summed E-state index contributed by atoms with van der Waals surface area (Å²) in [6.07, 6.45) is -4.06. The maximum absolute atomic E-state index is 13.0. The lowest BCUT2D eigenvalue weighted by Gasteiger charge is -2.24. The van der Waals surface area contributed by atoms with Crippen LogP contribution in [0.5, 0.6) is 0 Å². The van der Waals surface area contributed by atoms with Gasteiger partial charge >= 0.3 is 12.3 Å². The highest BCUT2D eigenvalue weighted by Gasteiger charge is 2.33. The second kappa shape index (κ2) is 7.01. The number of nitrogens with zero attached hydrogens (tertiary/aromatic N) is 1. The Morgan fingerprint density at radius 1 is 1.29 bits per heavy atom. The van der Waals surface area contributed by atoms with Gasteiger partial charge in [-0.1, -0.05) is 18.2 Å². The van der Waals surface area contributed by atoms with Crippen molar-refractivity contribution in [3.8, 4) is 0 Å². The first-order valence-electron chi connectivity index (χ1n) is 7.93. The fraction of sp³-hybridized carbons (Fsp3) is 0.588. The number of nitrogens with one attached hydrogen (secondary N) is 1. The number of carbonyl (C=O) groups is 1. The first-order chi connectivity index (χ1) is 11.1. The van der Waals surface area contributed by atoms with Crippen molar-refractivity contribution in [2.45, 2.75) is 51.6 Å². The first-order valence-corrected chi connectivity index (χ1v) is 7.93. The smallest absolute Gasteiger partial charge is 0.416 e. The Morgan fingerprint density at radius 2 is 1.96 bits per heavy atom. The van der Waals surface area contributed by atoms with Gasteiger partial charge < -0.3 is 15.0 Å². The maximum atomic E-state index is 13.0. The third-order valence-corrected chi connectivity index (χ3v) is 3.74. The summed E-state index contributed by atoms with van der Waals surface area (Å²) in [7, 11) is 0. The van der Waals surface area contributed by atoms with Gasteiger partial charge in [0.2, 0.25) is 0 Å². The molecule has 0 bridgehead atoms. The summed E-state index contributed by atoms with van der Waals surface area (Å²) in [5.41, 5.74) is -0.978. The van der Waals surface area contributed by atoms with Gasteiger partial charge in [0.25, 0.3) is 0 Å². The lowest BCUT2D eigenvalue weighted by atomic mass is 10.1. The van der Waals surface area contributed by atoms with Crippen LogP contribution in [0.2, 0.25) is 0 Å². The zero-order valence-corrected chi connectivity index (χ0v) is 14.1. The molecule has 0 saturated carbocycles. The summed E-state index contributed by atoms with van der Waals surface area (Å²) in [6.45, 7) is 6.47. The number of halogens is 3. The summed E-state index contributed by atoms with van der Waals surface area (Å²) in [5.74, 6) is 0. The molecule has 1 aliphatic rings. The van der Waals surface area contributed by atoms with Gasteiger partial charge in [0.1, 0.15) is 5.60 Å². The molecule has 24 heavy (non-hydrogen) atoms. The Bertz CT molecular complexity index is 582. The number of hydrogen-bond donors (Lipinski definition) is 1. The summed E-state index contributed by atoms with van der Waals surface area (Å²) in [4.78, 5) is 13.6. The highest BCUT2D eigenvalue weighted by atomic mass is 19.4. The number of hydrogen-bond acceptors (Lipinski definition) is 3. The molecule has 1 aliphatic heterocycles. The summed E-state index contributed by atoms with van der Waals surface area (Å²) < 4.78 is 44.2. The molecular formula is C17H23F3N2O2. The fourth-order valence-electron chi connectivity index (χ4n) is 2.62. The lowest BCUT2D eigenvalue weighted by molar-refractivity contribution is -0.138. The zero-order valence-electron chi connectivity index (χ0n) is 14.1. The van der Waals surface area contributed by atoms with E-state index in [2.05, 4.69) is 5.32 Å². The molecular weight excluding hydrogens is 321 g/mol. The van der Waals surface area contributed by atoms with Crippen LogP contribution in [-0.4, -0.2) is 35.7 Å². The summed E-state index contributed by atoms with van der Waals surface area (Å²) in [5, 5.41) is 3.11. The van der Waals surface area contributed by atoms with Crippen molar-refractivity contribution in [2.24, 2.45) is 0 Å². The topological polar surface area (TPSA) is 41.6 Å². The van der Waals surface area contributed by atoms with Gasteiger partial charge in [0.05, 0.1) is 5.56 Å². The van der Waals surface area contributed by atoms with Crippen LogP contribution in [0, 0.1) is 0 Å². The van der Waals surface area contributed by atoms with Crippen molar-refractivity contribution >= 4 is 6.09 Å². The van der Waals surface area contributed by atoms with Crippen LogP contribution in [0.3, 0.4) is 0 Å². The van der Waals surface area contributed by atoms with E-state index >= 15 is 0 Å². The fourth-order valence-corrected chi connectivity index (χ4v) is 2.62. The van der Waals surface area contributed by atoms with Crippen molar-refractivity contribution < 1.29 is 22.7 Å². The number of carbonyl (C=O) groups excluding carboxylic acids is 1. The van der Waals surface area contributed by atoms with Crippen molar-refractivity contribution in [2.75, 3.05) is 13.1 Å². The van der Waals surface area contributed by atoms with Crippen LogP contribution in [0.4, 0.5) is 18.0 Å². The molecule has 2 rings (SSSR count). The van der Waals surface area contributed by atoms with E-state index in [9.17, 15) is 18.0 Å². The summed E-state index contributed by atoms with van der Waals surface area (Å²) >= 11 is 0. The number of benzene rings is 1. The predicted molar refractivity (Wildman–Crippen MR) is 84.5 cm³/mol. The van der Waals surface area contributed by atoms with Crippen LogP contribution < -0.4 is 5.32 Å². The lowest BCUT2D eigenvalue weighted by Crippen LogP contribution is -2.38. The Morgan fingerprint density at radius 3 is 2.58 bits per heavy atom. The van der Waals surface area contributed by atoms with Crippen LogP contribution in [0.1, 0.15) is 38.3 Å². The number of alkyl halides is 3. The predicted octanol–water partition coefficient (Wildman–Crippen LogP) is 3.80. The number of rotatable bonds is 3. The van der Waals surface area contributed by atoms with E-state index in [1.807, 2.05) is 0 Å². The Labute approximate surface area is 140 Å². The molecule has 1 amide bonds. The van der Waals surface area contributed by atoms with E-state index in [0.29, 0.717) is 19.5 Å². The average Bonchev–Trinajstić information content (AvgIpc) is 2.91. The van der Waals surface area contributed by atoms with Crippen molar-refractivity contribution in [1.29, 1.82) is 0 Å². The molecule has 0 unspecified atom stereocenters. The van der Waals surface area contributed by atoms with Gasteiger partial charge in [0.15, 0.2) is 0 Å². The van der Waals surface area contributed by atoms with Crippen LogP contribution in [-0.2, 0) is 17.5 Å². The van der Waals surface area contributed by atoms with Gasteiger partial charge in [0, 0.05) is 25.7 Å². The molecule has 1 aromatic rings. The van der Waals surface area contributed by atoms with Gasteiger partial charge in [-0.25, -0.2) is 4.79 Å². The van der Waals surface area contributed by atoms with Gasteiger partial charge in [-0.05, 0) is 38.8 Å². The summed E-state index contributed by atoms with van der Waals surface area (Å²) in [6, 6.07) is 5.48. The molecule has 1 heterocycles. The molecule has 1 saturated heterocycles. The number of ether oxygens (including phenoxy) is 1. The normalized spacial score (nSPS) is 18.8. The standard InChI is InChI=1S/C17H23F3N2O2/c1-16(2,3)24-15(23)22-9-8-13(11-22)21-10-12-6-4-5-7-14(12)17(18,19)20/h4-7,13,21H,8-11H2,1-3H3/t13-/m1/s1. The van der Waals surface area contributed by atoms with E-state index in [1.165, 1.54) is 12.1 Å². The molecule has 4 nitrogen and oxygen atoms in total. The monoisotopic (exact) mass is 344 g/mol. The Kier molecular flexibility index (Phi) is 5.42. The first kappa shape index (κ1) is 18.6. The van der Waals surface area contributed by atoms with E-state index in [4.69, 9.17) is 4.74 Å². The molecule has 7 heteroatoms. The Balaban J connectivity index is 1.90. The second-order valence-electron chi connectivity index (χ2n) is 6.95. The number of likely N-dealkylation sites (tertiary alicyclic amines) is 1. The molecule has 0 radical (unpaired) electrons. The number of amides is 1.